The van der Waals surface area contributed by atoms with Gasteiger partial charge in [0.2, 0.25) is 0 Å². The van der Waals surface area contributed by atoms with Crippen molar-refractivity contribution in [3.8, 4) is 0 Å². The van der Waals surface area contributed by atoms with E-state index in [1.54, 1.807) is 0 Å². The van der Waals surface area contributed by atoms with Crippen molar-refractivity contribution in [3.63, 3.8) is 0 Å². The van der Waals surface area contributed by atoms with E-state index in [1.807, 2.05) is 9.80 Å². The Bertz CT molecular complexity index is 712. The minimum absolute atomic E-state index is 0.108. The minimum atomic E-state index is 0.108. The fraction of sp³-hybridized carbons (Fsp3) is 0.682. The van der Waals surface area contributed by atoms with Crippen LogP contribution in [-0.2, 0) is 10.2 Å². The van der Waals surface area contributed by atoms with Gasteiger partial charge in [0.05, 0.1) is 19.3 Å². The summed E-state index contributed by atoms with van der Waals surface area (Å²) in [5.74, 6) is 0. The molecule has 4 aliphatic rings. The van der Waals surface area contributed by atoms with E-state index in [9.17, 15) is 4.79 Å². The Hall–Kier alpha value is -1.63. The van der Waals surface area contributed by atoms with E-state index >= 15 is 0 Å². The molecule has 5 rings (SSSR count). The summed E-state index contributed by atoms with van der Waals surface area (Å²) in [6, 6.07) is 9.21. The SMILES string of the molecule is N[C@@H]1CCCN2C(=O)N(c3ccc(C4(CCN5CCOCC5)CC4)cc3)C[C@H]12. The fourth-order valence-electron chi connectivity index (χ4n) is 5.22. The van der Waals surface area contributed by atoms with E-state index in [0.717, 1.165) is 64.5 Å². The fourth-order valence-corrected chi connectivity index (χ4v) is 5.22. The van der Waals surface area contributed by atoms with Crippen LogP contribution in [0.2, 0.25) is 0 Å². The van der Waals surface area contributed by atoms with Crippen molar-refractivity contribution in [1.29, 1.82) is 0 Å². The molecule has 0 aromatic heterocycles. The first-order valence-electron chi connectivity index (χ1n) is 10.9. The topological polar surface area (TPSA) is 62.0 Å². The highest BCUT2D eigenvalue weighted by Crippen LogP contribution is 2.51. The van der Waals surface area contributed by atoms with Crippen LogP contribution in [0.1, 0.15) is 37.7 Å². The number of amides is 2. The standard InChI is InChI=1S/C22H32N4O2/c23-19-2-1-10-25-20(19)16-26(21(25)27)18-5-3-17(4-6-18)22(7-8-22)9-11-24-12-14-28-15-13-24/h3-6,19-20H,1-2,7-16,23H2/t19-,20-/m1/s1. The number of hydrogen-bond acceptors (Lipinski definition) is 4. The van der Waals surface area contributed by atoms with Gasteiger partial charge in [-0.3, -0.25) is 9.80 Å². The third-order valence-corrected chi connectivity index (χ3v) is 7.33. The van der Waals surface area contributed by atoms with Gasteiger partial charge in [0.1, 0.15) is 0 Å². The quantitative estimate of drug-likeness (QED) is 0.845. The number of nitrogens with zero attached hydrogens (tertiary/aromatic N) is 3. The predicted octanol–water partition coefficient (Wildman–Crippen LogP) is 2.17. The van der Waals surface area contributed by atoms with Crippen molar-refractivity contribution >= 4 is 11.7 Å². The van der Waals surface area contributed by atoms with Gasteiger partial charge in [0, 0.05) is 37.9 Å². The summed E-state index contributed by atoms with van der Waals surface area (Å²) < 4.78 is 5.46. The molecule has 3 heterocycles. The summed E-state index contributed by atoms with van der Waals surface area (Å²) in [6.07, 6.45) is 5.82. The van der Waals surface area contributed by atoms with Gasteiger partial charge in [-0.05, 0) is 61.8 Å². The number of fused-ring (bicyclic) bond motifs is 1. The number of ether oxygens (including phenoxy) is 1. The molecular weight excluding hydrogens is 352 g/mol. The first kappa shape index (κ1) is 18.4. The number of morpholine rings is 1. The lowest BCUT2D eigenvalue weighted by Crippen LogP contribution is -2.50. The van der Waals surface area contributed by atoms with Crippen LogP contribution >= 0.6 is 0 Å². The van der Waals surface area contributed by atoms with Gasteiger partial charge in [-0.15, -0.1) is 0 Å². The number of nitrogens with two attached hydrogens (primary N) is 1. The summed E-state index contributed by atoms with van der Waals surface area (Å²) in [5, 5.41) is 0. The number of anilines is 1. The summed E-state index contributed by atoms with van der Waals surface area (Å²) in [6.45, 7) is 6.58. The average molecular weight is 385 g/mol. The van der Waals surface area contributed by atoms with Crippen molar-refractivity contribution in [2.45, 2.75) is 49.6 Å². The molecule has 3 aliphatic heterocycles. The molecule has 4 fully saturated rings. The summed E-state index contributed by atoms with van der Waals surface area (Å²) in [7, 11) is 0. The summed E-state index contributed by atoms with van der Waals surface area (Å²) >= 11 is 0. The molecular formula is C22H32N4O2. The Morgan fingerprint density at radius 2 is 1.86 bits per heavy atom. The highest BCUT2D eigenvalue weighted by Gasteiger charge is 2.45. The van der Waals surface area contributed by atoms with Crippen LogP contribution in [0.25, 0.3) is 0 Å². The summed E-state index contributed by atoms with van der Waals surface area (Å²) in [5.41, 5.74) is 9.08. The number of rotatable bonds is 5. The van der Waals surface area contributed by atoms with Crippen LogP contribution in [-0.4, -0.2) is 73.9 Å². The van der Waals surface area contributed by atoms with Crippen LogP contribution in [0, 0.1) is 0 Å². The molecule has 1 aromatic carbocycles. The highest BCUT2D eigenvalue weighted by atomic mass is 16.5. The number of benzene rings is 1. The number of piperidine rings is 1. The van der Waals surface area contributed by atoms with Crippen molar-refractivity contribution < 1.29 is 9.53 Å². The van der Waals surface area contributed by atoms with Crippen molar-refractivity contribution in [2.24, 2.45) is 5.73 Å². The Morgan fingerprint density at radius 1 is 1.11 bits per heavy atom. The molecule has 0 radical (unpaired) electrons. The van der Waals surface area contributed by atoms with E-state index in [0.29, 0.717) is 5.41 Å². The van der Waals surface area contributed by atoms with Crippen LogP contribution in [0.5, 0.6) is 0 Å². The van der Waals surface area contributed by atoms with Crippen LogP contribution in [0.4, 0.5) is 10.5 Å². The molecule has 3 saturated heterocycles. The van der Waals surface area contributed by atoms with Crippen molar-refractivity contribution in [3.05, 3.63) is 29.8 Å². The number of carbonyl (C=O) groups is 1. The average Bonchev–Trinajstić information content (AvgIpc) is 3.46. The van der Waals surface area contributed by atoms with E-state index < -0.39 is 0 Å². The largest absolute Gasteiger partial charge is 0.379 e. The lowest BCUT2D eigenvalue weighted by atomic mass is 9.92. The first-order chi connectivity index (χ1) is 13.7. The molecule has 1 aromatic rings. The molecule has 1 saturated carbocycles. The van der Waals surface area contributed by atoms with Gasteiger partial charge in [0.25, 0.3) is 0 Å². The van der Waals surface area contributed by atoms with Gasteiger partial charge in [0.15, 0.2) is 0 Å². The minimum Gasteiger partial charge on any atom is -0.379 e. The Balaban J connectivity index is 1.25. The van der Waals surface area contributed by atoms with Gasteiger partial charge >= 0.3 is 6.03 Å². The molecule has 0 unspecified atom stereocenters. The number of carbonyl (C=O) groups excluding carboxylic acids is 1. The maximum Gasteiger partial charge on any atom is 0.324 e. The third kappa shape index (κ3) is 3.31. The van der Waals surface area contributed by atoms with E-state index in [4.69, 9.17) is 10.5 Å². The van der Waals surface area contributed by atoms with Crippen LogP contribution in [0.3, 0.4) is 0 Å². The lowest BCUT2D eigenvalue weighted by molar-refractivity contribution is 0.0362. The maximum atomic E-state index is 12.8. The normalized spacial score (nSPS) is 29.8. The van der Waals surface area contributed by atoms with Crippen molar-refractivity contribution in [2.75, 3.05) is 50.8 Å². The van der Waals surface area contributed by atoms with Crippen molar-refractivity contribution in [1.82, 2.24) is 9.80 Å². The predicted molar refractivity (Wildman–Crippen MR) is 110 cm³/mol. The Kier molecular flexibility index (Phi) is 4.81. The van der Waals surface area contributed by atoms with E-state index in [1.165, 1.54) is 24.8 Å². The van der Waals surface area contributed by atoms with Crippen LogP contribution in [0.15, 0.2) is 24.3 Å². The zero-order valence-corrected chi connectivity index (χ0v) is 16.7. The molecule has 6 nitrogen and oxygen atoms in total. The maximum absolute atomic E-state index is 12.8. The van der Waals surface area contributed by atoms with Gasteiger partial charge in [-0.2, -0.15) is 0 Å². The monoisotopic (exact) mass is 384 g/mol. The zero-order valence-electron chi connectivity index (χ0n) is 16.7. The first-order valence-corrected chi connectivity index (χ1v) is 10.9. The smallest absolute Gasteiger partial charge is 0.324 e. The number of urea groups is 1. The molecule has 1 aliphatic carbocycles. The molecule has 2 amide bonds. The molecule has 2 atom stereocenters. The summed E-state index contributed by atoms with van der Waals surface area (Å²) in [4.78, 5) is 19.3. The third-order valence-electron chi connectivity index (χ3n) is 7.33. The molecule has 28 heavy (non-hydrogen) atoms. The number of hydrogen-bond donors (Lipinski definition) is 1. The Morgan fingerprint density at radius 3 is 2.54 bits per heavy atom. The second-order valence-corrected chi connectivity index (χ2v) is 8.99. The second kappa shape index (κ2) is 7.32. The molecule has 2 N–H and O–H groups in total. The van der Waals surface area contributed by atoms with Gasteiger partial charge in [-0.25, -0.2) is 4.79 Å². The lowest BCUT2D eigenvalue weighted by Gasteiger charge is -2.32. The second-order valence-electron chi connectivity index (χ2n) is 8.99. The zero-order chi connectivity index (χ0) is 19.1. The molecule has 0 bridgehead atoms. The Labute approximate surface area is 167 Å². The van der Waals surface area contributed by atoms with Gasteiger partial charge < -0.3 is 15.4 Å². The van der Waals surface area contributed by atoms with Crippen LogP contribution < -0.4 is 10.6 Å². The molecule has 152 valence electrons. The molecule has 6 heteroatoms. The highest BCUT2D eigenvalue weighted by molar-refractivity contribution is 5.94. The van der Waals surface area contributed by atoms with E-state index in [-0.39, 0.29) is 18.1 Å². The molecule has 0 spiro atoms. The van der Waals surface area contributed by atoms with Gasteiger partial charge in [-0.1, -0.05) is 12.1 Å². The van der Waals surface area contributed by atoms with E-state index in [2.05, 4.69) is 29.2 Å².